The van der Waals surface area contributed by atoms with Gasteiger partial charge in [-0.3, -0.25) is 0 Å². The number of methoxy groups -OCH3 is 1. The minimum Gasteiger partial charge on any atom is -0.497 e. The van der Waals surface area contributed by atoms with E-state index in [4.69, 9.17) is 4.74 Å². The van der Waals surface area contributed by atoms with Gasteiger partial charge in [0.25, 0.3) is 0 Å². The molecule has 3 rings (SSSR count). The second kappa shape index (κ2) is 10.2. The van der Waals surface area contributed by atoms with Crippen molar-refractivity contribution in [2.45, 2.75) is 25.3 Å². The van der Waals surface area contributed by atoms with Crippen molar-refractivity contribution in [1.82, 2.24) is 10.2 Å². The number of piperidine rings is 1. The third-order valence-electron chi connectivity index (χ3n) is 5.41. The van der Waals surface area contributed by atoms with E-state index in [0.29, 0.717) is 6.54 Å². The molecule has 0 spiro atoms. The Morgan fingerprint density at radius 1 is 1.10 bits per heavy atom. The molecule has 1 atom stereocenters. The number of carbonyl (C=O) groups excluding carboxylic acids is 1. The minimum absolute atomic E-state index is 0.0492. The zero-order chi connectivity index (χ0) is 20.6. The molecule has 1 unspecified atom stereocenters. The summed E-state index contributed by atoms with van der Waals surface area (Å²) < 4.78 is 5.34. The van der Waals surface area contributed by atoms with Crippen LogP contribution >= 0.6 is 0 Å². The Hall–Kier alpha value is -2.73. The molecule has 1 aliphatic rings. The number of rotatable bonds is 7. The molecule has 29 heavy (non-hydrogen) atoms. The van der Waals surface area contributed by atoms with Crippen LogP contribution in [0.1, 0.15) is 30.9 Å². The molecule has 0 saturated carbocycles. The number of carbonyl (C=O) groups is 1. The molecule has 0 radical (unpaired) electrons. The lowest BCUT2D eigenvalue weighted by Crippen LogP contribution is -2.37. The highest BCUT2D eigenvalue weighted by Crippen LogP contribution is 2.28. The first-order valence-corrected chi connectivity index (χ1v) is 10.3. The van der Waals surface area contributed by atoms with Crippen LogP contribution in [0.2, 0.25) is 0 Å². The van der Waals surface area contributed by atoms with Crippen LogP contribution < -0.4 is 20.3 Å². The van der Waals surface area contributed by atoms with Gasteiger partial charge >= 0.3 is 6.03 Å². The monoisotopic (exact) mass is 396 g/mol. The Bertz CT molecular complexity index is 803. The van der Waals surface area contributed by atoms with E-state index in [1.165, 1.54) is 19.3 Å². The molecule has 0 aromatic heterocycles. The van der Waals surface area contributed by atoms with Gasteiger partial charge in [-0.1, -0.05) is 24.3 Å². The Morgan fingerprint density at radius 2 is 1.86 bits per heavy atom. The van der Waals surface area contributed by atoms with Crippen molar-refractivity contribution in [3.8, 4) is 5.75 Å². The van der Waals surface area contributed by atoms with Gasteiger partial charge in [-0.2, -0.15) is 0 Å². The van der Waals surface area contributed by atoms with Crippen LogP contribution in [0.25, 0.3) is 0 Å². The number of nitrogens with one attached hydrogen (secondary N) is 2. The maximum absolute atomic E-state index is 12.6. The van der Waals surface area contributed by atoms with E-state index in [1.54, 1.807) is 7.11 Å². The quantitative estimate of drug-likeness (QED) is 0.740. The molecule has 6 heteroatoms. The lowest BCUT2D eigenvalue weighted by Gasteiger charge is -2.30. The zero-order valence-corrected chi connectivity index (χ0v) is 17.6. The van der Waals surface area contributed by atoms with E-state index in [0.717, 1.165) is 35.8 Å². The summed E-state index contributed by atoms with van der Waals surface area (Å²) in [5.41, 5.74) is 3.05. The highest BCUT2D eigenvalue weighted by molar-refractivity contribution is 5.93. The van der Waals surface area contributed by atoms with E-state index in [-0.39, 0.29) is 12.1 Å². The van der Waals surface area contributed by atoms with Crippen LogP contribution in [0.15, 0.2) is 48.5 Å². The zero-order valence-electron chi connectivity index (χ0n) is 17.6. The molecule has 2 aromatic rings. The summed E-state index contributed by atoms with van der Waals surface area (Å²) in [6.45, 7) is 2.58. The molecule has 2 aromatic carbocycles. The SMILES string of the molecule is COc1cccc(C(CNC(=O)Nc2ccccc2N2CCCCC2)N(C)C)c1. The van der Waals surface area contributed by atoms with E-state index < -0.39 is 0 Å². The van der Waals surface area contributed by atoms with E-state index in [2.05, 4.69) is 32.6 Å². The normalized spacial score (nSPS) is 15.1. The van der Waals surface area contributed by atoms with Crippen LogP contribution in [-0.2, 0) is 0 Å². The molecular formula is C23H32N4O2. The third kappa shape index (κ3) is 5.64. The Labute approximate surface area is 173 Å². The van der Waals surface area contributed by atoms with Crippen LogP contribution in [0.3, 0.4) is 0 Å². The molecule has 1 heterocycles. The maximum atomic E-state index is 12.6. The molecule has 1 saturated heterocycles. The topological polar surface area (TPSA) is 56.8 Å². The van der Waals surface area contributed by atoms with Gasteiger partial charge in [-0.15, -0.1) is 0 Å². The van der Waals surface area contributed by atoms with Crippen molar-refractivity contribution in [2.75, 3.05) is 51.1 Å². The largest absolute Gasteiger partial charge is 0.497 e. The first-order chi connectivity index (χ1) is 14.1. The summed E-state index contributed by atoms with van der Waals surface area (Å²) in [4.78, 5) is 17.1. The van der Waals surface area contributed by atoms with Gasteiger partial charge < -0.3 is 25.2 Å². The van der Waals surface area contributed by atoms with Gasteiger partial charge in [0.1, 0.15) is 5.75 Å². The first kappa shape index (κ1) is 21.0. The van der Waals surface area contributed by atoms with Gasteiger partial charge in [0.15, 0.2) is 0 Å². The van der Waals surface area contributed by atoms with Gasteiger partial charge in [-0.25, -0.2) is 4.79 Å². The van der Waals surface area contributed by atoms with Crippen LogP contribution in [0, 0.1) is 0 Å². The van der Waals surface area contributed by atoms with Crippen LogP contribution in [0.4, 0.5) is 16.2 Å². The summed E-state index contributed by atoms with van der Waals surface area (Å²) in [7, 11) is 5.68. The molecule has 1 fully saturated rings. The van der Waals surface area contributed by atoms with Crippen molar-refractivity contribution in [3.05, 3.63) is 54.1 Å². The summed E-state index contributed by atoms with van der Waals surface area (Å²) in [6.07, 6.45) is 3.68. The number of nitrogens with zero attached hydrogens (tertiary/aromatic N) is 2. The third-order valence-corrected chi connectivity index (χ3v) is 5.41. The average molecular weight is 397 g/mol. The lowest BCUT2D eigenvalue weighted by atomic mass is 10.1. The standard InChI is InChI=1S/C23H32N4O2/c1-26(2)22(18-10-9-11-19(16-18)29-3)17-24-23(28)25-20-12-5-6-13-21(20)27-14-7-4-8-15-27/h5-6,9-13,16,22H,4,7-8,14-15,17H2,1-3H3,(H2,24,25,28). The molecule has 0 bridgehead atoms. The van der Waals surface area contributed by atoms with Crippen LogP contribution in [-0.4, -0.2) is 51.8 Å². The number of hydrogen-bond acceptors (Lipinski definition) is 4. The maximum Gasteiger partial charge on any atom is 0.319 e. The lowest BCUT2D eigenvalue weighted by molar-refractivity contribution is 0.243. The Balaban J connectivity index is 1.64. The number of hydrogen-bond donors (Lipinski definition) is 2. The minimum atomic E-state index is -0.191. The fourth-order valence-corrected chi connectivity index (χ4v) is 3.79. The number of benzene rings is 2. The molecule has 1 aliphatic heterocycles. The number of para-hydroxylation sites is 2. The summed E-state index contributed by atoms with van der Waals surface area (Å²) in [5.74, 6) is 0.814. The van der Waals surface area contributed by atoms with Gasteiger partial charge in [0.2, 0.25) is 0 Å². The fourth-order valence-electron chi connectivity index (χ4n) is 3.79. The van der Waals surface area contributed by atoms with Gasteiger partial charge in [0.05, 0.1) is 24.5 Å². The Morgan fingerprint density at radius 3 is 2.59 bits per heavy atom. The van der Waals surface area contributed by atoms with Crippen molar-refractivity contribution < 1.29 is 9.53 Å². The summed E-state index contributed by atoms with van der Waals surface area (Å²) >= 11 is 0. The summed E-state index contributed by atoms with van der Waals surface area (Å²) in [6, 6.07) is 15.9. The molecule has 0 aliphatic carbocycles. The van der Waals surface area contributed by atoms with Crippen molar-refractivity contribution in [2.24, 2.45) is 0 Å². The number of urea groups is 1. The molecular weight excluding hydrogens is 364 g/mol. The highest BCUT2D eigenvalue weighted by atomic mass is 16.5. The van der Waals surface area contributed by atoms with E-state index in [9.17, 15) is 4.79 Å². The fraction of sp³-hybridized carbons (Fsp3) is 0.435. The number of anilines is 2. The molecule has 2 N–H and O–H groups in total. The highest BCUT2D eigenvalue weighted by Gasteiger charge is 2.18. The summed E-state index contributed by atoms with van der Waals surface area (Å²) in [5, 5.41) is 6.07. The smallest absolute Gasteiger partial charge is 0.319 e. The first-order valence-electron chi connectivity index (χ1n) is 10.3. The van der Waals surface area contributed by atoms with Crippen LogP contribution in [0.5, 0.6) is 5.75 Å². The van der Waals surface area contributed by atoms with Crippen molar-refractivity contribution >= 4 is 17.4 Å². The number of likely N-dealkylation sites (N-methyl/N-ethyl adjacent to an activating group) is 1. The predicted octanol–water partition coefficient (Wildman–Crippen LogP) is 4.11. The van der Waals surface area contributed by atoms with E-state index in [1.807, 2.05) is 50.5 Å². The second-order valence-electron chi connectivity index (χ2n) is 7.66. The van der Waals surface area contributed by atoms with Gasteiger partial charge in [-0.05, 0) is 63.2 Å². The van der Waals surface area contributed by atoms with Crippen molar-refractivity contribution in [3.63, 3.8) is 0 Å². The molecule has 6 nitrogen and oxygen atoms in total. The average Bonchev–Trinajstić information content (AvgIpc) is 2.75. The molecule has 2 amide bonds. The van der Waals surface area contributed by atoms with Gasteiger partial charge in [0, 0.05) is 19.6 Å². The number of amides is 2. The molecule has 156 valence electrons. The Kier molecular flexibility index (Phi) is 7.36. The van der Waals surface area contributed by atoms with Crippen molar-refractivity contribution in [1.29, 1.82) is 0 Å². The second-order valence-corrected chi connectivity index (χ2v) is 7.66. The predicted molar refractivity (Wildman–Crippen MR) is 119 cm³/mol. The number of ether oxygens (including phenoxy) is 1. The van der Waals surface area contributed by atoms with E-state index >= 15 is 0 Å².